The van der Waals surface area contributed by atoms with E-state index in [0.29, 0.717) is 5.69 Å². The summed E-state index contributed by atoms with van der Waals surface area (Å²) < 4.78 is 43.8. The Morgan fingerprint density at radius 3 is 2.62 bits per heavy atom. The highest BCUT2D eigenvalue weighted by Crippen LogP contribution is 2.25. The molecule has 2 aromatic heterocycles. The van der Waals surface area contributed by atoms with Crippen molar-refractivity contribution in [1.29, 1.82) is 0 Å². The molecule has 0 saturated carbocycles. The summed E-state index contributed by atoms with van der Waals surface area (Å²) in [5, 5.41) is 12.4. The van der Waals surface area contributed by atoms with Crippen LogP contribution in [0.5, 0.6) is 5.75 Å². The van der Waals surface area contributed by atoms with Crippen LogP contribution in [0.15, 0.2) is 48.7 Å². The molecule has 9 heteroatoms. The Labute approximate surface area is 164 Å². The third kappa shape index (κ3) is 4.86. The monoisotopic (exact) mass is 407 g/mol. The van der Waals surface area contributed by atoms with Crippen molar-refractivity contribution in [2.75, 3.05) is 13.2 Å². The van der Waals surface area contributed by atoms with Crippen molar-refractivity contribution >= 4 is 11.6 Å². The standard InChI is InChI=1S/C20H20F3N3O3/c1-13-17(19(28)25-15(12-27)14-6-3-2-4-7-14)26-10-5-8-16(18(26)24-13)29-11-9-20(21,22)23/h2-8,10,15,27H,9,11-12H2,1H3,(H,25,28)/t15-/m0/s1. The lowest BCUT2D eigenvalue weighted by molar-refractivity contribution is -0.139. The highest BCUT2D eigenvalue weighted by molar-refractivity contribution is 5.95. The summed E-state index contributed by atoms with van der Waals surface area (Å²) in [5.41, 5.74) is 1.60. The van der Waals surface area contributed by atoms with Gasteiger partial charge in [-0.2, -0.15) is 13.2 Å². The quantitative estimate of drug-likeness (QED) is 0.629. The molecular weight excluding hydrogens is 387 g/mol. The van der Waals surface area contributed by atoms with E-state index in [1.807, 2.05) is 6.07 Å². The average Bonchev–Trinajstić information content (AvgIpc) is 3.02. The molecule has 1 amide bonds. The first kappa shape index (κ1) is 20.7. The van der Waals surface area contributed by atoms with Gasteiger partial charge in [-0.05, 0) is 24.6 Å². The van der Waals surface area contributed by atoms with Crippen LogP contribution in [0.4, 0.5) is 13.2 Å². The van der Waals surface area contributed by atoms with Crippen LogP contribution >= 0.6 is 0 Å². The second-order valence-corrected chi connectivity index (χ2v) is 6.44. The fraction of sp³-hybridized carbons (Fsp3) is 0.300. The average molecular weight is 407 g/mol. The number of hydrogen-bond acceptors (Lipinski definition) is 4. The zero-order valence-corrected chi connectivity index (χ0v) is 15.6. The Kier molecular flexibility index (Phi) is 6.07. The molecule has 0 bridgehead atoms. The molecule has 2 N–H and O–H groups in total. The van der Waals surface area contributed by atoms with E-state index in [9.17, 15) is 23.1 Å². The summed E-state index contributed by atoms with van der Waals surface area (Å²) in [6.07, 6.45) is -3.83. The molecule has 29 heavy (non-hydrogen) atoms. The Morgan fingerprint density at radius 2 is 1.97 bits per heavy atom. The number of fused-ring (bicyclic) bond motifs is 1. The zero-order valence-electron chi connectivity index (χ0n) is 15.6. The van der Waals surface area contributed by atoms with Crippen molar-refractivity contribution in [3.8, 4) is 5.75 Å². The summed E-state index contributed by atoms with van der Waals surface area (Å²) in [6, 6.07) is 11.5. The van der Waals surface area contributed by atoms with E-state index in [1.54, 1.807) is 43.5 Å². The Hall–Kier alpha value is -3.07. The van der Waals surface area contributed by atoms with Gasteiger partial charge in [0.1, 0.15) is 5.69 Å². The minimum Gasteiger partial charge on any atom is -0.489 e. The number of aryl methyl sites for hydroxylation is 1. The van der Waals surface area contributed by atoms with Crippen molar-refractivity contribution in [1.82, 2.24) is 14.7 Å². The second kappa shape index (κ2) is 8.52. The topological polar surface area (TPSA) is 75.9 Å². The van der Waals surface area contributed by atoms with Crippen molar-refractivity contribution in [3.63, 3.8) is 0 Å². The molecule has 2 heterocycles. The van der Waals surface area contributed by atoms with Crippen LogP contribution in [-0.2, 0) is 0 Å². The van der Waals surface area contributed by atoms with Crippen LogP contribution in [0.2, 0.25) is 0 Å². The normalized spacial score (nSPS) is 12.7. The molecular formula is C20H20F3N3O3. The van der Waals surface area contributed by atoms with Gasteiger partial charge in [0, 0.05) is 6.20 Å². The predicted molar refractivity (Wildman–Crippen MR) is 99.8 cm³/mol. The van der Waals surface area contributed by atoms with E-state index in [2.05, 4.69) is 10.3 Å². The van der Waals surface area contributed by atoms with Crippen LogP contribution in [0.3, 0.4) is 0 Å². The maximum atomic E-state index is 12.9. The molecule has 0 spiro atoms. The number of aliphatic hydroxyl groups is 1. The summed E-state index contributed by atoms with van der Waals surface area (Å²) in [4.78, 5) is 17.2. The SMILES string of the molecule is Cc1nc2c(OCCC(F)(F)F)cccn2c1C(=O)N[C@@H](CO)c1ccccc1. The molecule has 1 aromatic carbocycles. The van der Waals surface area contributed by atoms with Crippen molar-refractivity contribution in [2.45, 2.75) is 25.6 Å². The molecule has 0 unspecified atom stereocenters. The lowest BCUT2D eigenvalue weighted by Crippen LogP contribution is -2.32. The minimum atomic E-state index is -4.32. The lowest BCUT2D eigenvalue weighted by Gasteiger charge is -2.17. The van der Waals surface area contributed by atoms with Crippen LogP contribution in [-0.4, -0.2) is 39.8 Å². The number of amides is 1. The number of benzene rings is 1. The van der Waals surface area contributed by atoms with Gasteiger partial charge in [-0.3, -0.25) is 9.20 Å². The first-order chi connectivity index (χ1) is 13.8. The maximum absolute atomic E-state index is 12.9. The number of halogens is 3. The van der Waals surface area contributed by atoms with Crippen LogP contribution in [0.25, 0.3) is 5.65 Å². The smallest absolute Gasteiger partial charge is 0.392 e. The van der Waals surface area contributed by atoms with Gasteiger partial charge in [-0.25, -0.2) is 4.98 Å². The molecule has 0 radical (unpaired) electrons. The molecule has 3 aromatic rings. The zero-order chi connectivity index (χ0) is 21.0. The van der Waals surface area contributed by atoms with Gasteiger partial charge >= 0.3 is 6.18 Å². The number of nitrogens with zero attached hydrogens (tertiary/aromatic N) is 2. The first-order valence-corrected chi connectivity index (χ1v) is 8.94. The van der Waals surface area contributed by atoms with E-state index >= 15 is 0 Å². The Balaban J connectivity index is 1.85. The third-order valence-electron chi connectivity index (χ3n) is 4.34. The molecule has 3 rings (SSSR count). The number of pyridine rings is 1. The highest BCUT2D eigenvalue weighted by atomic mass is 19.4. The lowest BCUT2D eigenvalue weighted by atomic mass is 10.1. The molecule has 0 fully saturated rings. The summed E-state index contributed by atoms with van der Waals surface area (Å²) in [5.74, 6) is -0.314. The third-order valence-corrected chi connectivity index (χ3v) is 4.34. The number of carbonyl (C=O) groups is 1. The number of carbonyl (C=O) groups excluding carboxylic acids is 1. The van der Waals surface area contributed by atoms with E-state index < -0.39 is 31.2 Å². The van der Waals surface area contributed by atoms with E-state index in [1.165, 1.54) is 10.5 Å². The molecule has 0 saturated heterocycles. The van der Waals surface area contributed by atoms with Crippen molar-refractivity contribution < 1.29 is 27.8 Å². The summed E-state index contributed by atoms with van der Waals surface area (Å²) in [7, 11) is 0. The number of rotatable bonds is 7. The van der Waals surface area contributed by atoms with Gasteiger partial charge in [0.2, 0.25) is 0 Å². The van der Waals surface area contributed by atoms with Crippen LogP contribution < -0.4 is 10.1 Å². The molecule has 0 aliphatic rings. The van der Waals surface area contributed by atoms with Gasteiger partial charge in [-0.1, -0.05) is 30.3 Å². The van der Waals surface area contributed by atoms with Crippen molar-refractivity contribution in [2.24, 2.45) is 0 Å². The number of aliphatic hydroxyl groups excluding tert-OH is 1. The van der Waals surface area contributed by atoms with Gasteiger partial charge in [0.05, 0.1) is 31.4 Å². The van der Waals surface area contributed by atoms with Gasteiger partial charge < -0.3 is 15.2 Å². The maximum Gasteiger partial charge on any atom is 0.392 e. The fourth-order valence-electron chi connectivity index (χ4n) is 2.97. The van der Waals surface area contributed by atoms with Gasteiger partial charge in [0.15, 0.2) is 11.4 Å². The fourth-order valence-corrected chi connectivity index (χ4v) is 2.97. The van der Waals surface area contributed by atoms with Crippen LogP contribution in [0, 0.1) is 6.92 Å². The van der Waals surface area contributed by atoms with Crippen LogP contribution in [0.1, 0.15) is 34.2 Å². The second-order valence-electron chi connectivity index (χ2n) is 6.44. The minimum absolute atomic E-state index is 0.153. The number of nitrogens with one attached hydrogen (secondary N) is 1. The van der Waals surface area contributed by atoms with E-state index in [0.717, 1.165) is 5.56 Å². The molecule has 1 atom stereocenters. The number of hydrogen-bond donors (Lipinski definition) is 2. The van der Waals surface area contributed by atoms with Gasteiger partial charge in [0.25, 0.3) is 5.91 Å². The van der Waals surface area contributed by atoms with E-state index in [-0.39, 0.29) is 23.7 Å². The molecule has 6 nitrogen and oxygen atoms in total. The van der Waals surface area contributed by atoms with Crippen molar-refractivity contribution in [3.05, 3.63) is 65.6 Å². The largest absolute Gasteiger partial charge is 0.489 e. The molecule has 0 aliphatic heterocycles. The van der Waals surface area contributed by atoms with Gasteiger partial charge in [-0.15, -0.1) is 0 Å². The Morgan fingerprint density at radius 1 is 1.24 bits per heavy atom. The van der Waals surface area contributed by atoms with E-state index in [4.69, 9.17) is 4.74 Å². The summed E-state index contributed by atoms with van der Waals surface area (Å²) >= 11 is 0. The Bertz CT molecular complexity index is 987. The molecule has 0 aliphatic carbocycles. The molecule has 154 valence electrons. The number of aromatic nitrogens is 2. The summed E-state index contributed by atoms with van der Waals surface area (Å²) in [6.45, 7) is 0.784. The number of imidazole rings is 1. The first-order valence-electron chi connectivity index (χ1n) is 8.94. The predicted octanol–water partition coefficient (Wildman–Crippen LogP) is 3.44. The number of ether oxygens (including phenoxy) is 1. The highest BCUT2D eigenvalue weighted by Gasteiger charge is 2.27. The number of alkyl halides is 3.